The zero-order valence-electron chi connectivity index (χ0n) is 11.8. The van der Waals surface area contributed by atoms with Crippen LogP contribution in [0.3, 0.4) is 0 Å². The Kier molecular flexibility index (Phi) is 6.70. The maximum Gasteiger partial charge on any atom is 0.0404 e. The molecule has 0 radical (unpaired) electrons. The van der Waals surface area contributed by atoms with E-state index in [1.54, 1.807) is 0 Å². The molecule has 2 aromatic rings. The van der Waals surface area contributed by atoms with Crippen molar-refractivity contribution in [1.29, 1.82) is 0 Å². The van der Waals surface area contributed by atoms with Gasteiger partial charge in [-0.05, 0) is 71.7 Å². The molecule has 0 fully saturated rings. The molecule has 2 aromatic heterocycles. The Labute approximate surface area is 133 Å². The van der Waals surface area contributed by atoms with Crippen molar-refractivity contribution in [3.05, 3.63) is 50.9 Å². The van der Waals surface area contributed by atoms with Crippen LogP contribution in [0.1, 0.15) is 30.3 Å². The molecule has 1 atom stereocenters. The summed E-state index contributed by atoms with van der Waals surface area (Å²) in [5.74, 6) is 0. The van der Waals surface area contributed by atoms with Crippen molar-refractivity contribution in [2.45, 2.75) is 38.6 Å². The average Bonchev–Trinajstić information content (AvgIpc) is 2.88. The summed E-state index contributed by atoms with van der Waals surface area (Å²) < 4.78 is 1.24. The molecule has 1 unspecified atom stereocenters. The van der Waals surface area contributed by atoms with Gasteiger partial charge in [-0.1, -0.05) is 13.0 Å². The van der Waals surface area contributed by atoms with Crippen LogP contribution in [0.5, 0.6) is 0 Å². The van der Waals surface area contributed by atoms with Gasteiger partial charge in [-0.25, -0.2) is 0 Å². The largest absolute Gasteiger partial charge is 0.314 e. The molecule has 1 N–H and O–H groups in total. The van der Waals surface area contributed by atoms with Gasteiger partial charge in [0, 0.05) is 27.3 Å². The van der Waals surface area contributed by atoms with E-state index in [4.69, 9.17) is 0 Å². The molecular formula is C16H21BrN2S. The van der Waals surface area contributed by atoms with Crippen LogP contribution in [0, 0.1) is 0 Å². The lowest BCUT2D eigenvalue weighted by Crippen LogP contribution is -2.32. The summed E-state index contributed by atoms with van der Waals surface area (Å²) in [4.78, 5) is 5.84. The van der Waals surface area contributed by atoms with Gasteiger partial charge >= 0.3 is 0 Å². The summed E-state index contributed by atoms with van der Waals surface area (Å²) in [6.45, 7) is 3.29. The molecule has 0 spiro atoms. The monoisotopic (exact) mass is 352 g/mol. The van der Waals surface area contributed by atoms with E-state index in [2.05, 4.69) is 56.7 Å². The molecule has 0 aromatic carbocycles. The van der Waals surface area contributed by atoms with E-state index in [-0.39, 0.29) is 0 Å². The fourth-order valence-electron chi connectivity index (χ4n) is 2.19. The predicted octanol–water partition coefficient (Wildman–Crippen LogP) is 4.45. The normalized spacial score (nSPS) is 12.5. The van der Waals surface area contributed by atoms with Crippen molar-refractivity contribution >= 4 is 27.3 Å². The first-order valence-electron chi connectivity index (χ1n) is 7.14. The van der Waals surface area contributed by atoms with Gasteiger partial charge in [0.25, 0.3) is 0 Å². The first-order valence-corrected chi connectivity index (χ1v) is 8.82. The van der Waals surface area contributed by atoms with Gasteiger partial charge in [0.1, 0.15) is 0 Å². The van der Waals surface area contributed by atoms with Crippen molar-refractivity contribution < 1.29 is 0 Å². The molecule has 0 saturated carbocycles. The van der Waals surface area contributed by atoms with Crippen molar-refractivity contribution in [3.63, 3.8) is 0 Å². The first kappa shape index (κ1) is 15.7. The standard InChI is InChI=1S/C16H21BrN2S/c1-2-9-18-14(12-16-15(17)8-11-20-16)7-6-13-5-3-4-10-19-13/h3-5,8,10-11,14,18H,2,6-7,9,12H2,1H3. The smallest absolute Gasteiger partial charge is 0.0404 e. The number of pyridine rings is 1. The van der Waals surface area contributed by atoms with E-state index in [1.165, 1.54) is 21.5 Å². The maximum absolute atomic E-state index is 4.41. The SMILES string of the molecule is CCCNC(CCc1ccccn1)Cc1sccc1Br. The second-order valence-electron chi connectivity index (χ2n) is 4.91. The highest BCUT2D eigenvalue weighted by atomic mass is 79.9. The van der Waals surface area contributed by atoms with E-state index in [0.717, 1.165) is 25.8 Å². The van der Waals surface area contributed by atoms with Gasteiger partial charge in [0.15, 0.2) is 0 Å². The summed E-state index contributed by atoms with van der Waals surface area (Å²) in [6, 6.07) is 8.80. The lowest BCUT2D eigenvalue weighted by molar-refractivity contribution is 0.477. The third-order valence-electron chi connectivity index (χ3n) is 3.28. The summed E-state index contributed by atoms with van der Waals surface area (Å²) in [7, 11) is 0. The minimum absolute atomic E-state index is 0.520. The Morgan fingerprint density at radius 2 is 2.25 bits per heavy atom. The second-order valence-corrected chi connectivity index (χ2v) is 6.76. The molecule has 2 heterocycles. The highest BCUT2D eigenvalue weighted by Gasteiger charge is 2.12. The minimum atomic E-state index is 0.520. The van der Waals surface area contributed by atoms with Crippen molar-refractivity contribution in [1.82, 2.24) is 10.3 Å². The average molecular weight is 353 g/mol. The fourth-order valence-corrected chi connectivity index (χ4v) is 3.78. The molecule has 2 nitrogen and oxygen atoms in total. The molecule has 0 amide bonds. The number of halogens is 1. The molecular weight excluding hydrogens is 332 g/mol. The van der Waals surface area contributed by atoms with Crippen LogP contribution >= 0.6 is 27.3 Å². The number of rotatable bonds is 8. The number of nitrogens with zero attached hydrogens (tertiary/aromatic N) is 1. The summed E-state index contributed by atoms with van der Waals surface area (Å²) in [5, 5.41) is 5.81. The number of hydrogen-bond donors (Lipinski definition) is 1. The molecule has 0 bridgehead atoms. The lowest BCUT2D eigenvalue weighted by atomic mass is 10.0. The van der Waals surface area contributed by atoms with Crippen LogP contribution in [-0.2, 0) is 12.8 Å². The number of hydrogen-bond acceptors (Lipinski definition) is 3. The first-order chi connectivity index (χ1) is 9.79. The Bertz CT molecular complexity index is 498. The molecule has 4 heteroatoms. The van der Waals surface area contributed by atoms with Crippen LogP contribution in [-0.4, -0.2) is 17.6 Å². The topological polar surface area (TPSA) is 24.9 Å². The van der Waals surface area contributed by atoms with E-state index in [0.29, 0.717) is 6.04 Å². The van der Waals surface area contributed by atoms with Crippen LogP contribution in [0.4, 0.5) is 0 Å². The quantitative estimate of drug-likeness (QED) is 0.758. The molecule has 0 aliphatic rings. The molecule has 0 aliphatic carbocycles. The maximum atomic E-state index is 4.41. The molecule has 0 aliphatic heterocycles. The van der Waals surface area contributed by atoms with E-state index < -0.39 is 0 Å². The van der Waals surface area contributed by atoms with Gasteiger partial charge in [-0.15, -0.1) is 11.3 Å². The highest BCUT2D eigenvalue weighted by molar-refractivity contribution is 9.10. The Morgan fingerprint density at radius 1 is 1.35 bits per heavy atom. The van der Waals surface area contributed by atoms with E-state index in [9.17, 15) is 0 Å². The van der Waals surface area contributed by atoms with Crippen molar-refractivity contribution in [3.8, 4) is 0 Å². The van der Waals surface area contributed by atoms with Gasteiger partial charge in [0.2, 0.25) is 0 Å². The summed E-state index contributed by atoms with van der Waals surface area (Å²) in [6.07, 6.45) is 6.29. The van der Waals surface area contributed by atoms with Crippen LogP contribution < -0.4 is 5.32 Å². The summed E-state index contributed by atoms with van der Waals surface area (Å²) >= 11 is 5.46. The van der Waals surface area contributed by atoms with Gasteiger partial charge in [-0.3, -0.25) is 4.98 Å². The van der Waals surface area contributed by atoms with Crippen LogP contribution in [0.15, 0.2) is 40.3 Å². The van der Waals surface area contributed by atoms with Gasteiger partial charge in [0.05, 0.1) is 0 Å². The Morgan fingerprint density at radius 3 is 2.90 bits per heavy atom. The van der Waals surface area contributed by atoms with Crippen LogP contribution in [0.2, 0.25) is 0 Å². The third-order valence-corrected chi connectivity index (χ3v) is 5.23. The Balaban J connectivity index is 1.91. The second kappa shape index (κ2) is 8.55. The molecule has 20 heavy (non-hydrogen) atoms. The minimum Gasteiger partial charge on any atom is -0.314 e. The highest BCUT2D eigenvalue weighted by Crippen LogP contribution is 2.24. The van der Waals surface area contributed by atoms with Gasteiger partial charge in [-0.2, -0.15) is 0 Å². The summed E-state index contributed by atoms with van der Waals surface area (Å²) in [5.41, 5.74) is 1.18. The number of thiophene rings is 1. The third kappa shape index (κ3) is 5.00. The van der Waals surface area contributed by atoms with E-state index >= 15 is 0 Å². The number of aromatic nitrogens is 1. The number of nitrogens with one attached hydrogen (secondary N) is 1. The lowest BCUT2D eigenvalue weighted by Gasteiger charge is -2.18. The predicted molar refractivity (Wildman–Crippen MR) is 90.4 cm³/mol. The fraction of sp³-hybridized carbons (Fsp3) is 0.438. The number of aryl methyl sites for hydroxylation is 1. The van der Waals surface area contributed by atoms with Crippen molar-refractivity contribution in [2.75, 3.05) is 6.54 Å². The van der Waals surface area contributed by atoms with Crippen LogP contribution in [0.25, 0.3) is 0 Å². The van der Waals surface area contributed by atoms with Crippen molar-refractivity contribution in [2.24, 2.45) is 0 Å². The van der Waals surface area contributed by atoms with E-state index in [1.807, 2.05) is 23.6 Å². The zero-order chi connectivity index (χ0) is 14.2. The van der Waals surface area contributed by atoms with Gasteiger partial charge < -0.3 is 5.32 Å². The zero-order valence-corrected chi connectivity index (χ0v) is 14.2. The molecule has 108 valence electrons. The Hall–Kier alpha value is -0.710. The molecule has 0 saturated heterocycles. The molecule has 2 rings (SSSR count).